The normalized spacial score (nSPS) is 15.1. The van der Waals surface area contributed by atoms with Crippen LogP contribution in [0.15, 0.2) is 137 Å². The fraction of sp³-hybridized carbons (Fsp3) is 0.0263. The van der Waals surface area contributed by atoms with Crippen LogP contribution in [0.5, 0.6) is 0 Å². The zero-order valence-corrected chi connectivity index (χ0v) is 23.7. The molecular weight excluding hydrogens is 547 g/mol. The first kappa shape index (κ1) is 23.2. The second-order valence-corrected chi connectivity index (χ2v) is 12.3. The van der Waals surface area contributed by atoms with Gasteiger partial charge in [0.05, 0.1) is 16.6 Å². The number of para-hydroxylation sites is 2. The third kappa shape index (κ3) is 3.28. The van der Waals surface area contributed by atoms with Gasteiger partial charge in [-0.25, -0.2) is 4.99 Å². The van der Waals surface area contributed by atoms with Crippen LogP contribution < -0.4 is 5.32 Å². The highest BCUT2D eigenvalue weighted by Crippen LogP contribution is 2.45. The van der Waals surface area contributed by atoms with Crippen LogP contribution in [0.1, 0.15) is 17.2 Å². The second kappa shape index (κ2) is 8.57. The molecule has 4 heterocycles. The molecule has 0 saturated carbocycles. The van der Waals surface area contributed by atoms with Gasteiger partial charge in [0.25, 0.3) is 0 Å². The number of nitrogens with zero attached hydrogens (tertiary/aromatic N) is 2. The Morgan fingerprint density at radius 1 is 0.605 bits per heavy atom. The fourth-order valence-corrected chi connectivity index (χ4v) is 7.99. The number of aromatic nitrogens is 1. The third-order valence-electron chi connectivity index (χ3n) is 8.85. The van der Waals surface area contributed by atoms with Crippen LogP contribution in [0, 0.1) is 0 Å². The van der Waals surface area contributed by atoms with Gasteiger partial charge >= 0.3 is 0 Å². The highest BCUT2D eigenvalue weighted by Gasteiger charge is 2.31. The van der Waals surface area contributed by atoms with Crippen LogP contribution in [0.2, 0.25) is 0 Å². The molecule has 0 amide bonds. The first-order valence-corrected chi connectivity index (χ1v) is 15.3. The summed E-state index contributed by atoms with van der Waals surface area (Å²) < 4.78 is 11.4. The monoisotopic (exact) mass is 569 g/mol. The molecule has 1 aliphatic rings. The summed E-state index contributed by atoms with van der Waals surface area (Å²) in [6, 6.07) is 45.2. The summed E-state index contributed by atoms with van der Waals surface area (Å²) in [4.78, 5) is 5.52. The van der Waals surface area contributed by atoms with Crippen LogP contribution in [-0.4, -0.2) is 10.5 Å². The van der Waals surface area contributed by atoms with Crippen LogP contribution in [0.25, 0.3) is 63.7 Å². The molecule has 0 aliphatic carbocycles. The second-order valence-electron chi connectivity index (χ2n) is 11.2. The number of rotatable bonds is 1. The first-order valence-electron chi connectivity index (χ1n) is 14.5. The van der Waals surface area contributed by atoms with Gasteiger partial charge in [0.15, 0.2) is 0 Å². The van der Waals surface area contributed by atoms with E-state index in [2.05, 4.69) is 125 Å². The molecule has 6 aromatic carbocycles. The van der Waals surface area contributed by atoms with Gasteiger partial charge in [-0.2, -0.15) is 0 Å². The summed E-state index contributed by atoms with van der Waals surface area (Å²) in [5, 5.41) is 12.1. The van der Waals surface area contributed by atoms with Gasteiger partial charge in [-0.3, -0.25) is 9.88 Å². The van der Waals surface area contributed by atoms with Crippen LogP contribution in [-0.2, 0) is 0 Å². The number of fused-ring (bicyclic) bond motifs is 10. The van der Waals surface area contributed by atoms with Crippen molar-refractivity contribution < 1.29 is 4.42 Å². The van der Waals surface area contributed by atoms with Crippen LogP contribution in [0.3, 0.4) is 0 Å². The molecule has 1 atom stereocenters. The molecule has 202 valence electrons. The van der Waals surface area contributed by atoms with Gasteiger partial charge in [0, 0.05) is 36.3 Å². The predicted octanol–water partition coefficient (Wildman–Crippen LogP) is 10.5. The molecule has 1 unspecified atom stereocenters. The van der Waals surface area contributed by atoms with E-state index in [-0.39, 0.29) is 6.04 Å². The summed E-state index contributed by atoms with van der Waals surface area (Å²) in [6.45, 7) is 0. The van der Waals surface area contributed by atoms with Crippen LogP contribution >= 0.6 is 11.3 Å². The van der Waals surface area contributed by atoms with Gasteiger partial charge in [-0.15, -0.1) is 11.3 Å². The molecule has 3 aromatic heterocycles. The van der Waals surface area contributed by atoms with Crippen molar-refractivity contribution in [2.45, 2.75) is 6.04 Å². The molecule has 1 aliphatic heterocycles. The van der Waals surface area contributed by atoms with Gasteiger partial charge < -0.3 is 4.42 Å². The zero-order chi connectivity index (χ0) is 28.1. The van der Waals surface area contributed by atoms with E-state index in [0.29, 0.717) is 0 Å². The van der Waals surface area contributed by atoms with E-state index in [1.807, 2.05) is 23.5 Å². The number of thiophene rings is 1. The maximum Gasteiger partial charge on any atom is 0.211 e. The minimum Gasteiger partial charge on any atom is -0.440 e. The molecule has 0 bridgehead atoms. The molecule has 9 aromatic rings. The van der Waals surface area contributed by atoms with E-state index in [0.717, 1.165) is 45.0 Å². The molecule has 0 saturated heterocycles. The zero-order valence-electron chi connectivity index (χ0n) is 22.9. The number of nitrogens with one attached hydrogen (secondary N) is 1. The molecular formula is C38H23N3OS. The molecule has 43 heavy (non-hydrogen) atoms. The van der Waals surface area contributed by atoms with Crippen molar-refractivity contribution in [1.82, 2.24) is 4.57 Å². The lowest BCUT2D eigenvalue weighted by Crippen LogP contribution is -2.27. The van der Waals surface area contributed by atoms with Gasteiger partial charge in [0.2, 0.25) is 11.8 Å². The summed E-state index contributed by atoms with van der Waals surface area (Å²) in [5.41, 5.74) is 5.30. The average molecular weight is 570 g/mol. The Morgan fingerprint density at radius 3 is 2.23 bits per heavy atom. The lowest BCUT2D eigenvalue weighted by Gasteiger charge is -2.23. The molecule has 1 N–H and O–H groups in total. The number of anilines is 1. The highest BCUT2D eigenvalue weighted by molar-refractivity contribution is 7.25. The van der Waals surface area contributed by atoms with E-state index in [9.17, 15) is 0 Å². The van der Waals surface area contributed by atoms with Gasteiger partial charge in [0.1, 0.15) is 11.6 Å². The van der Waals surface area contributed by atoms with Crippen molar-refractivity contribution in [2.75, 3.05) is 5.32 Å². The number of hydrogen-bond acceptors (Lipinski definition) is 4. The molecule has 0 spiro atoms. The quantitative estimate of drug-likeness (QED) is 0.214. The Bertz CT molecular complexity index is 2620. The Hall–Kier alpha value is -5.39. The first-order chi connectivity index (χ1) is 21.3. The molecule has 4 nitrogen and oxygen atoms in total. The van der Waals surface area contributed by atoms with Gasteiger partial charge in [-0.05, 0) is 58.8 Å². The topological polar surface area (TPSA) is 42.5 Å². The number of benzene rings is 6. The van der Waals surface area contributed by atoms with Crippen LogP contribution in [0.4, 0.5) is 5.88 Å². The lowest BCUT2D eigenvalue weighted by molar-refractivity contribution is 0.623. The Balaban J connectivity index is 1.27. The van der Waals surface area contributed by atoms with E-state index >= 15 is 0 Å². The number of aliphatic imine (C=N–C) groups is 1. The van der Waals surface area contributed by atoms with Gasteiger partial charge in [-0.1, -0.05) is 84.9 Å². The summed E-state index contributed by atoms with van der Waals surface area (Å²) >= 11 is 1.84. The van der Waals surface area contributed by atoms with Crippen molar-refractivity contribution in [3.63, 3.8) is 0 Å². The highest BCUT2D eigenvalue weighted by atomic mass is 32.1. The van der Waals surface area contributed by atoms with E-state index in [4.69, 9.17) is 9.41 Å². The number of furan rings is 1. The van der Waals surface area contributed by atoms with Crippen molar-refractivity contribution in [3.8, 4) is 0 Å². The average Bonchev–Trinajstić information content (AvgIpc) is 3.72. The van der Waals surface area contributed by atoms with Crippen molar-refractivity contribution in [3.05, 3.63) is 139 Å². The lowest BCUT2D eigenvalue weighted by atomic mass is 9.95. The maximum atomic E-state index is 6.50. The van der Waals surface area contributed by atoms with E-state index in [1.165, 1.54) is 41.7 Å². The maximum absolute atomic E-state index is 6.50. The Labute approximate surface area is 250 Å². The SMILES string of the molecule is c1ccc2cc3c(cc2c1)c1ccccc1n3C1=NC(c2ccc3sc4ccccc4c3c2)c2c(oc3ccccc23)N1. The van der Waals surface area contributed by atoms with Crippen molar-refractivity contribution in [2.24, 2.45) is 4.99 Å². The smallest absolute Gasteiger partial charge is 0.211 e. The molecule has 0 fully saturated rings. The predicted molar refractivity (Wildman–Crippen MR) is 181 cm³/mol. The number of hydrogen-bond donors (Lipinski definition) is 1. The van der Waals surface area contributed by atoms with E-state index in [1.54, 1.807) is 0 Å². The third-order valence-corrected chi connectivity index (χ3v) is 10.0. The molecule has 0 radical (unpaired) electrons. The Kier molecular flexibility index (Phi) is 4.62. The minimum atomic E-state index is -0.241. The summed E-state index contributed by atoms with van der Waals surface area (Å²) in [7, 11) is 0. The molecule has 5 heteroatoms. The standard InChI is InChI=1S/C38H23N3OS/c1-2-10-23-21-31-28(19-22(23)9-1)25-11-3-6-14-30(25)41(31)38-39-36(35-27-13-4-7-15-32(27)42-37(35)40-38)24-17-18-34-29(20-24)26-12-5-8-16-33(26)43-34/h1-21,36H,(H,39,40). The summed E-state index contributed by atoms with van der Waals surface area (Å²) in [5.74, 6) is 1.51. The summed E-state index contributed by atoms with van der Waals surface area (Å²) in [6.07, 6.45) is 0. The van der Waals surface area contributed by atoms with Crippen molar-refractivity contribution >= 4 is 86.9 Å². The minimum absolute atomic E-state index is 0.241. The fourth-order valence-electron chi connectivity index (χ4n) is 6.90. The molecule has 10 rings (SSSR count). The largest absolute Gasteiger partial charge is 0.440 e. The Morgan fingerprint density at radius 2 is 1.33 bits per heavy atom. The van der Waals surface area contributed by atoms with E-state index < -0.39 is 0 Å². The van der Waals surface area contributed by atoms with Crippen molar-refractivity contribution in [1.29, 1.82) is 0 Å².